The largest absolute Gasteiger partial charge is 0.493 e. The summed E-state index contributed by atoms with van der Waals surface area (Å²) in [6.07, 6.45) is 0.172. The van der Waals surface area contributed by atoms with Crippen LogP contribution >= 0.6 is 0 Å². The van der Waals surface area contributed by atoms with Gasteiger partial charge in [-0.15, -0.1) is 0 Å². The molecule has 4 N–H and O–H groups in total. The van der Waals surface area contributed by atoms with Crippen LogP contribution in [0.3, 0.4) is 0 Å². The number of fused-ring (bicyclic) bond motifs is 2. The molecule has 1 fully saturated rings. The van der Waals surface area contributed by atoms with Gasteiger partial charge in [-0.3, -0.25) is 4.79 Å². The predicted octanol–water partition coefficient (Wildman–Crippen LogP) is 5.25. The average Bonchev–Trinajstić information content (AvgIpc) is 3.23. The van der Waals surface area contributed by atoms with E-state index in [1.807, 2.05) is 66.7 Å². The first kappa shape index (κ1) is 31.2. The first-order chi connectivity index (χ1) is 22.5. The minimum atomic E-state index is -0.824. The lowest BCUT2D eigenvalue weighted by Gasteiger charge is -2.28. The lowest BCUT2D eigenvalue weighted by Crippen LogP contribution is -2.36. The van der Waals surface area contributed by atoms with Gasteiger partial charge in [0.15, 0.2) is 11.5 Å². The normalized spacial score (nSPS) is 14.7. The Balaban J connectivity index is 1.10. The Labute approximate surface area is 268 Å². The molecule has 4 aromatic rings. The third-order valence-electron chi connectivity index (χ3n) is 8.15. The number of methoxy groups -OCH3 is 1. The first-order valence-electron chi connectivity index (χ1n) is 15.5. The van der Waals surface area contributed by atoms with Crippen LogP contribution in [0.15, 0.2) is 78.9 Å². The summed E-state index contributed by atoms with van der Waals surface area (Å²) in [7, 11) is 1.57. The number of benzene rings is 4. The molecule has 0 saturated carbocycles. The van der Waals surface area contributed by atoms with E-state index < -0.39 is 6.10 Å². The molecule has 2 heterocycles. The van der Waals surface area contributed by atoms with Gasteiger partial charge in [-0.1, -0.05) is 18.2 Å². The minimum absolute atomic E-state index is 0.187. The molecule has 2 aliphatic rings. The van der Waals surface area contributed by atoms with Crippen molar-refractivity contribution in [1.29, 1.82) is 0 Å². The smallest absolute Gasteiger partial charge is 0.257 e. The molecule has 0 aliphatic carbocycles. The van der Waals surface area contributed by atoms with Crippen molar-refractivity contribution in [2.75, 3.05) is 68.8 Å². The monoisotopic (exact) mass is 625 g/mol. The highest BCUT2D eigenvalue weighted by molar-refractivity contribution is 6.12. The Kier molecular flexibility index (Phi) is 9.88. The van der Waals surface area contributed by atoms with Gasteiger partial charge in [-0.25, -0.2) is 0 Å². The van der Waals surface area contributed by atoms with Crippen molar-refractivity contribution in [3.05, 3.63) is 90.0 Å². The van der Waals surface area contributed by atoms with E-state index in [-0.39, 0.29) is 19.1 Å². The van der Waals surface area contributed by atoms with Crippen molar-refractivity contribution < 1.29 is 34.0 Å². The standard InChI is InChI=1S/C36H39N3O7/c1-43-35-22-26(4-11-34(35)46-17-13-28(41)23-40)25-3-9-30-32(21-25)37-31-10-2-24(20-33(31)38-36(30)42)12-16-45-29-7-5-27(6-8-29)39-14-18-44-19-15-39/h2-11,20-22,28,37,40-41H,12-19,23H2,1H3,(H,38,42). The zero-order chi connectivity index (χ0) is 31.9. The second-order valence-corrected chi connectivity index (χ2v) is 11.3. The lowest BCUT2D eigenvalue weighted by atomic mass is 10.0. The number of anilines is 4. The molecule has 0 aromatic heterocycles. The Bertz CT molecular complexity index is 1650. The second kappa shape index (κ2) is 14.6. The van der Waals surface area contributed by atoms with E-state index in [2.05, 4.69) is 27.7 Å². The molecule has 0 spiro atoms. The molecule has 2 aliphatic heterocycles. The number of nitrogens with one attached hydrogen (secondary N) is 2. The predicted molar refractivity (Wildman–Crippen MR) is 178 cm³/mol. The molecule has 1 saturated heterocycles. The van der Waals surface area contributed by atoms with E-state index in [0.29, 0.717) is 47.9 Å². The summed E-state index contributed by atoms with van der Waals surface area (Å²) in [5.41, 5.74) is 6.77. The molecule has 1 unspecified atom stereocenters. The summed E-state index contributed by atoms with van der Waals surface area (Å²) in [5, 5.41) is 25.1. The van der Waals surface area contributed by atoms with Gasteiger partial charge in [0.1, 0.15) is 5.75 Å². The van der Waals surface area contributed by atoms with Crippen LogP contribution in [-0.4, -0.2) is 75.5 Å². The van der Waals surface area contributed by atoms with Gasteiger partial charge in [-0.2, -0.15) is 0 Å². The fraction of sp³-hybridized carbons (Fsp3) is 0.306. The van der Waals surface area contributed by atoms with Gasteiger partial charge >= 0.3 is 0 Å². The zero-order valence-corrected chi connectivity index (χ0v) is 25.8. The molecule has 1 atom stereocenters. The molecule has 46 heavy (non-hydrogen) atoms. The zero-order valence-electron chi connectivity index (χ0n) is 25.8. The van der Waals surface area contributed by atoms with Crippen molar-refractivity contribution in [3.63, 3.8) is 0 Å². The quantitative estimate of drug-likeness (QED) is 0.167. The van der Waals surface area contributed by atoms with Gasteiger partial charge in [0.25, 0.3) is 5.91 Å². The first-order valence-corrected chi connectivity index (χ1v) is 15.5. The van der Waals surface area contributed by atoms with Crippen molar-refractivity contribution in [2.45, 2.75) is 18.9 Å². The minimum Gasteiger partial charge on any atom is -0.493 e. The van der Waals surface area contributed by atoms with Gasteiger partial charge in [0.05, 0.1) is 68.9 Å². The van der Waals surface area contributed by atoms with Crippen molar-refractivity contribution >= 4 is 28.7 Å². The van der Waals surface area contributed by atoms with Crippen LogP contribution in [0, 0.1) is 0 Å². The van der Waals surface area contributed by atoms with E-state index >= 15 is 0 Å². The van der Waals surface area contributed by atoms with E-state index in [1.54, 1.807) is 7.11 Å². The molecular formula is C36H39N3O7. The Morgan fingerprint density at radius 1 is 0.826 bits per heavy atom. The number of rotatable bonds is 12. The van der Waals surface area contributed by atoms with Gasteiger partial charge in [-0.05, 0) is 77.4 Å². The molecule has 10 nitrogen and oxygen atoms in total. The fourth-order valence-corrected chi connectivity index (χ4v) is 5.54. The molecular weight excluding hydrogens is 586 g/mol. The van der Waals surface area contributed by atoms with Crippen LogP contribution in [0.1, 0.15) is 22.3 Å². The van der Waals surface area contributed by atoms with Gasteiger partial charge in [0.2, 0.25) is 0 Å². The molecule has 1 amide bonds. The fourth-order valence-electron chi connectivity index (χ4n) is 5.54. The number of aliphatic hydroxyl groups excluding tert-OH is 2. The van der Waals surface area contributed by atoms with Crippen LogP contribution in [0.25, 0.3) is 11.1 Å². The average molecular weight is 626 g/mol. The SMILES string of the molecule is COc1cc(-c2ccc3c(c2)Nc2ccc(CCOc4ccc(N5CCOCC5)cc4)cc2NC3=O)ccc1OCCC(O)CO. The Hall–Kier alpha value is -4.77. The number of morpholine rings is 1. The highest BCUT2D eigenvalue weighted by atomic mass is 16.5. The maximum atomic E-state index is 13.2. The number of hydrogen-bond acceptors (Lipinski definition) is 9. The summed E-state index contributed by atoms with van der Waals surface area (Å²) in [6.45, 7) is 3.75. The summed E-state index contributed by atoms with van der Waals surface area (Å²) in [4.78, 5) is 15.5. The number of ether oxygens (including phenoxy) is 4. The van der Waals surface area contributed by atoms with E-state index in [4.69, 9.17) is 24.1 Å². The van der Waals surface area contributed by atoms with Crippen molar-refractivity contribution in [1.82, 2.24) is 0 Å². The third kappa shape index (κ3) is 7.37. The Morgan fingerprint density at radius 3 is 2.39 bits per heavy atom. The lowest BCUT2D eigenvalue weighted by molar-refractivity contribution is 0.0750. The van der Waals surface area contributed by atoms with E-state index in [9.17, 15) is 9.90 Å². The number of aliphatic hydroxyl groups is 2. The van der Waals surface area contributed by atoms with Crippen LogP contribution in [0.4, 0.5) is 22.7 Å². The van der Waals surface area contributed by atoms with Crippen molar-refractivity contribution in [2.24, 2.45) is 0 Å². The summed E-state index contributed by atoms with van der Waals surface area (Å²) in [5.74, 6) is 1.72. The van der Waals surface area contributed by atoms with E-state index in [1.165, 1.54) is 5.69 Å². The number of carbonyl (C=O) groups is 1. The molecule has 6 rings (SSSR count). The van der Waals surface area contributed by atoms with Crippen LogP contribution in [-0.2, 0) is 11.2 Å². The molecule has 10 heteroatoms. The number of nitrogens with zero attached hydrogens (tertiary/aromatic N) is 1. The second-order valence-electron chi connectivity index (χ2n) is 11.3. The molecule has 0 radical (unpaired) electrons. The number of amides is 1. The topological polar surface area (TPSA) is 122 Å². The molecule has 240 valence electrons. The highest BCUT2D eigenvalue weighted by Gasteiger charge is 2.20. The van der Waals surface area contributed by atoms with Crippen molar-refractivity contribution in [3.8, 4) is 28.4 Å². The molecule has 4 aromatic carbocycles. The van der Waals surface area contributed by atoms with E-state index in [0.717, 1.165) is 54.4 Å². The van der Waals surface area contributed by atoms with Crippen LogP contribution in [0.5, 0.6) is 17.2 Å². The summed E-state index contributed by atoms with van der Waals surface area (Å²) < 4.78 is 22.8. The van der Waals surface area contributed by atoms with Crippen LogP contribution < -0.4 is 29.7 Å². The maximum absolute atomic E-state index is 13.2. The number of hydrogen-bond donors (Lipinski definition) is 4. The number of carbonyl (C=O) groups excluding carboxylic acids is 1. The third-order valence-corrected chi connectivity index (χ3v) is 8.15. The molecule has 0 bridgehead atoms. The van der Waals surface area contributed by atoms with Crippen LogP contribution in [0.2, 0.25) is 0 Å². The summed E-state index contributed by atoms with van der Waals surface area (Å²) >= 11 is 0. The van der Waals surface area contributed by atoms with Gasteiger partial charge in [0, 0.05) is 31.6 Å². The highest BCUT2D eigenvalue weighted by Crippen LogP contribution is 2.37. The Morgan fingerprint density at radius 2 is 1.61 bits per heavy atom. The van der Waals surface area contributed by atoms with Gasteiger partial charge < -0.3 is 44.7 Å². The summed E-state index contributed by atoms with van der Waals surface area (Å²) in [6, 6.07) is 25.4. The maximum Gasteiger partial charge on any atom is 0.257 e.